The monoisotopic (exact) mass is 883 g/mol. The number of carbonyl (C=O) groups is 4. The van der Waals surface area contributed by atoms with E-state index in [1.165, 1.54) is 12.5 Å². The van der Waals surface area contributed by atoms with E-state index < -0.39 is 48.4 Å². The normalized spacial score (nSPS) is 13.7. The van der Waals surface area contributed by atoms with Gasteiger partial charge >= 0.3 is 5.97 Å². The van der Waals surface area contributed by atoms with Gasteiger partial charge in [-0.15, -0.1) is 6.58 Å². The number of benzene rings is 5. The van der Waals surface area contributed by atoms with Crippen LogP contribution >= 0.6 is 0 Å². The average Bonchev–Trinajstić information content (AvgIpc) is 3.30. The Bertz CT molecular complexity index is 2430. The lowest BCUT2D eigenvalue weighted by molar-refractivity contribution is -0.149. The van der Waals surface area contributed by atoms with Gasteiger partial charge in [-0.2, -0.15) is 0 Å². The SMILES string of the molecule is C=CC[C@H](NC(=O)[C@@H](CCCN=C(N)N)NC(=O)[C@@H](CCCCN)NC(=O)COc1ccc2ccccc2c1-c1c(OCC2CCC2)ccc2ccccc12)C(=O)OCc1ccccc1. The van der Waals surface area contributed by atoms with E-state index in [0.29, 0.717) is 44.1 Å². The molecule has 5 aromatic carbocycles. The lowest BCUT2D eigenvalue weighted by Crippen LogP contribution is -2.56. The van der Waals surface area contributed by atoms with Crippen molar-refractivity contribution in [3.05, 3.63) is 121 Å². The molecule has 5 aromatic rings. The molecule has 0 aliphatic heterocycles. The molecule has 1 saturated carbocycles. The molecule has 0 spiro atoms. The van der Waals surface area contributed by atoms with Crippen LogP contribution < -0.4 is 42.6 Å². The minimum Gasteiger partial charge on any atom is -0.493 e. The summed E-state index contributed by atoms with van der Waals surface area (Å²) in [6, 6.07) is 29.9. The zero-order valence-electron chi connectivity index (χ0n) is 36.8. The lowest BCUT2D eigenvalue weighted by atomic mass is 9.86. The summed E-state index contributed by atoms with van der Waals surface area (Å²) in [6.07, 6.45) is 6.86. The Hall–Kier alpha value is -6.93. The van der Waals surface area contributed by atoms with E-state index in [9.17, 15) is 19.2 Å². The molecule has 65 heavy (non-hydrogen) atoms. The zero-order valence-corrected chi connectivity index (χ0v) is 36.8. The summed E-state index contributed by atoms with van der Waals surface area (Å²) in [5, 5.41) is 12.3. The minimum atomic E-state index is -1.13. The van der Waals surface area contributed by atoms with E-state index in [1.54, 1.807) is 0 Å². The minimum absolute atomic E-state index is 0.0108. The summed E-state index contributed by atoms with van der Waals surface area (Å²) in [7, 11) is 0. The lowest BCUT2D eigenvalue weighted by Gasteiger charge is -2.26. The predicted octanol–water partition coefficient (Wildman–Crippen LogP) is 6.17. The van der Waals surface area contributed by atoms with Crippen molar-refractivity contribution in [1.82, 2.24) is 16.0 Å². The molecular formula is C51H61N7O7. The predicted molar refractivity (Wildman–Crippen MR) is 255 cm³/mol. The molecule has 9 N–H and O–H groups in total. The third-order valence-electron chi connectivity index (χ3n) is 11.5. The molecular weight excluding hydrogens is 823 g/mol. The molecule has 6 rings (SSSR count). The number of esters is 1. The third kappa shape index (κ3) is 13.5. The van der Waals surface area contributed by atoms with Gasteiger partial charge in [0.15, 0.2) is 12.6 Å². The van der Waals surface area contributed by atoms with Gasteiger partial charge in [0, 0.05) is 17.7 Å². The number of hydrogen-bond acceptors (Lipinski definition) is 9. The number of rotatable bonds is 25. The highest BCUT2D eigenvalue weighted by molar-refractivity contribution is 6.10. The number of nitrogens with two attached hydrogens (primary N) is 3. The Balaban J connectivity index is 1.20. The van der Waals surface area contributed by atoms with Crippen LogP contribution in [0.4, 0.5) is 0 Å². The first-order chi connectivity index (χ1) is 31.6. The van der Waals surface area contributed by atoms with Crippen LogP contribution in [-0.4, -0.2) is 74.1 Å². The van der Waals surface area contributed by atoms with Crippen LogP contribution in [0.15, 0.2) is 121 Å². The summed E-state index contributed by atoms with van der Waals surface area (Å²) in [5.41, 5.74) is 19.3. The standard InChI is InChI=1S/C51H61N7O7/c1-2-14-42(50(62)65-32-34-15-4-3-5-16-34)58-49(61)41(24-13-30-55-51(53)54)57-48(60)40(23-10-11-29-52)56-45(59)33-64-44-28-26-37-20-7-9-22-39(37)47(44)46-38-21-8-6-19-36(38)25-27-43(46)63-31-35-17-12-18-35/h2-9,15-16,19-22,25-28,35,40-42H,1,10-14,17-18,23-24,29-33,52H2,(H,56,59)(H,57,60)(H,58,61)(H4,53,54,55)/t40-,41-,42+/m1/s1. The van der Waals surface area contributed by atoms with Crippen molar-refractivity contribution >= 4 is 51.2 Å². The van der Waals surface area contributed by atoms with Crippen LogP contribution in [0.1, 0.15) is 63.4 Å². The molecule has 14 heteroatoms. The van der Waals surface area contributed by atoms with Gasteiger partial charge < -0.3 is 47.4 Å². The summed E-state index contributed by atoms with van der Waals surface area (Å²) >= 11 is 0. The molecule has 0 saturated heterocycles. The molecule has 3 atom stereocenters. The third-order valence-corrected chi connectivity index (χ3v) is 11.5. The maximum atomic E-state index is 14.1. The van der Waals surface area contributed by atoms with Gasteiger partial charge in [-0.05, 0) is 103 Å². The fraction of sp³-hybridized carbons (Fsp3) is 0.353. The number of hydrogen-bond donors (Lipinski definition) is 6. The number of carbonyl (C=O) groups excluding carboxylic acids is 4. The maximum absolute atomic E-state index is 14.1. The largest absolute Gasteiger partial charge is 0.493 e. The second-order valence-corrected chi connectivity index (χ2v) is 16.3. The number of ether oxygens (including phenoxy) is 3. The van der Waals surface area contributed by atoms with Crippen LogP contribution in [0.25, 0.3) is 32.7 Å². The second-order valence-electron chi connectivity index (χ2n) is 16.3. The molecule has 0 radical (unpaired) electrons. The highest BCUT2D eigenvalue weighted by atomic mass is 16.5. The van der Waals surface area contributed by atoms with Crippen LogP contribution in [-0.2, 0) is 30.5 Å². The molecule has 0 bridgehead atoms. The van der Waals surface area contributed by atoms with Crippen molar-refractivity contribution < 1.29 is 33.4 Å². The van der Waals surface area contributed by atoms with Crippen LogP contribution in [0.5, 0.6) is 11.5 Å². The number of guanidine groups is 1. The average molecular weight is 884 g/mol. The van der Waals surface area contributed by atoms with Crippen molar-refractivity contribution in [2.45, 2.75) is 82.5 Å². The van der Waals surface area contributed by atoms with Gasteiger partial charge in [-0.1, -0.05) is 103 Å². The summed E-state index contributed by atoms with van der Waals surface area (Å²) in [6.45, 7) is 4.52. The van der Waals surface area contributed by atoms with Gasteiger partial charge in [0.2, 0.25) is 11.8 Å². The number of unbranched alkanes of at least 4 members (excludes halogenated alkanes) is 1. The summed E-state index contributed by atoms with van der Waals surface area (Å²) < 4.78 is 18.5. The van der Waals surface area contributed by atoms with E-state index in [2.05, 4.69) is 45.7 Å². The van der Waals surface area contributed by atoms with Gasteiger partial charge in [0.1, 0.15) is 36.2 Å². The summed E-state index contributed by atoms with van der Waals surface area (Å²) in [5.74, 6) is -0.831. The van der Waals surface area contributed by atoms with Crippen molar-refractivity contribution in [2.75, 3.05) is 26.3 Å². The number of fused-ring (bicyclic) bond motifs is 2. The first-order valence-corrected chi connectivity index (χ1v) is 22.4. The Morgan fingerprint density at radius 3 is 1.89 bits per heavy atom. The Morgan fingerprint density at radius 2 is 1.29 bits per heavy atom. The van der Waals surface area contributed by atoms with Crippen LogP contribution in [0.2, 0.25) is 0 Å². The van der Waals surface area contributed by atoms with Crippen LogP contribution in [0.3, 0.4) is 0 Å². The maximum Gasteiger partial charge on any atom is 0.329 e. The van der Waals surface area contributed by atoms with Crippen molar-refractivity contribution in [1.29, 1.82) is 0 Å². The van der Waals surface area contributed by atoms with Crippen molar-refractivity contribution in [3.8, 4) is 22.6 Å². The topological polar surface area (TPSA) is 222 Å². The first-order valence-electron chi connectivity index (χ1n) is 22.4. The highest BCUT2D eigenvalue weighted by Crippen LogP contribution is 2.46. The molecule has 342 valence electrons. The molecule has 1 aliphatic carbocycles. The van der Waals surface area contributed by atoms with E-state index >= 15 is 0 Å². The van der Waals surface area contributed by atoms with Gasteiger partial charge in [0.05, 0.1) is 6.61 Å². The van der Waals surface area contributed by atoms with Gasteiger partial charge in [0.25, 0.3) is 5.91 Å². The number of aliphatic imine (C=N–C) groups is 1. The zero-order chi connectivity index (χ0) is 46.0. The van der Waals surface area contributed by atoms with E-state index in [4.69, 9.17) is 31.4 Å². The van der Waals surface area contributed by atoms with E-state index in [1.807, 2.05) is 84.9 Å². The van der Waals surface area contributed by atoms with Crippen molar-refractivity contribution in [2.24, 2.45) is 28.1 Å². The number of nitrogens with one attached hydrogen (secondary N) is 3. The first kappa shape index (κ1) is 47.5. The van der Waals surface area contributed by atoms with Crippen molar-refractivity contribution in [3.63, 3.8) is 0 Å². The fourth-order valence-corrected chi connectivity index (χ4v) is 7.79. The Labute approximate surface area is 380 Å². The molecule has 1 aliphatic rings. The van der Waals surface area contributed by atoms with E-state index in [-0.39, 0.29) is 38.4 Å². The van der Waals surface area contributed by atoms with Gasteiger partial charge in [-0.25, -0.2) is 4.79 Å². The molecule has 0 aromatic heterocycles. The molecule has 0 unspecified atom stereocenters. The number of nitrogens with zero attached hydrogens (tertiary/aromatic N) is 1. The fourth-order valence-electron chi connectivity index (χ4n) is 7.79. The molecule has 1 fully saturated rings. The van der Waals surface area contributed by atoms with Gasteiger partial charge in [-0.3, -0.25) is 19.4 Å². The molecule has 3 amide bonds. The second kappa shape index (κ2) is 24.2. The number of amides is 3. The highest BCUT2D eigenvalue weighted by Gasteiger charge is 2.30. The summed E-state index contributed by atoms with van der Waals surface area (Å²) in [4.78, 5) is 59.1. The quantitative estimate of drug-likeness (QED) is 0.0129. The molecule has 0 heterocycles. The Kier molecular flexibility index (Phi) is 17.7. The smallest absolute Gasteiger partial charge is 0.329 e. The molecule has 14 nitrogen and oxygen atoms in total. The van der Waals surface area contributed by atoms with Crippen LogP contribution in [0, 0.1) is 5.92 Å². The van der Waals surface area contributed by atoms with E-state index in [0.717, 1.165) is 56.8 Å². The Morgan fingerprint density at radius 1 is 0.708 bits per heavy atom.